The van der Waals surface area contributed by atoms with Gasteiger partial charge in [-0.1, -0.05) is 38.1 Å². The Morgan fingerprint density at radius 1 is 1.26 bits per heavy atom. The fourth-order valence-corrected chi connectivity index (χ4v) is 4.52. The van der Waals surface area contributed by atoms with E-state index in [-0.39, 0.29) is 29.0 Å². The predicted octanol–water partition coefficient (Wildman–Crippen LogP) is 6.35. The molecule has 1 aromatic carbocycles. The van der Waals surface area contributed by atoms with Gasteiger partial charge in [-0.3, -0.25) is 4.79 Å². The quantitative estimate of drug-likeness (QED) is 0.395. The molecule has 0 bridgehead atoms. The van der Waals surface area contributed by atoms with Crippen LogP contribution in [-0.2, 0) is 12.0 Å². The molecule has 6 nitrogen and oxygen atoms in total. The number of nitriles is 1. The van der Waals surface area contributed by atoms with Gasteiger partial charge in [0.25, 0.3) is 0 Å². The monoisotopic (exact) mass is 467 g/mol. The van der Waals surface area contributed by atoms with Crippen molar-refractivity contribution in [1.29, 1.82) is 5.26 Å². The lowest BCUT2D eigenvalue weighted by atomic mass is 9.75. The van der Waals surface area contributed by atoms with Gasteiger partial charge in [0, 0.05) is 12.1 Å². The molecule has 2 aromatic heterocycles. The van der Waals surface area contributed by atoms with Crippen LogP contribution in [0, 0.1) is 23.7 Å². The van der Waals surface area contributed by atoms with Gasteiger partial charge in [0.15, 0.2) is 5.82 Å². The van der Waals surface area contributed by atoms with E-state index >= 15 is 0 Å². The summed E-state index contributed by atoms with van der Waals surface area (Å²) in [5.41, 5.74) is 5.69. The predicted molar refractivity (Wildman–Crippen MR) is 139 cm³/mol. The van der Waals surface area contributed by atoms with Crippen LogP contribution in [0.4, 0.5) is 5.82 Å². The summed E-state index contributed by atoms with van der Waals surface area (Å²) in [7, 11) is 0. The summed E-state index contributed by atoms with van der Waals surface area (Å²) >= 11 is 0. The maximum Gasteiger partial charge on any atom is 0.202 e. The lowest BCUT2D eigenvalue weighted by molar-refractivity contribution is 0.0984. The number of ketones is 1. The Hall–Kier alpha value is -3.72. The molecule has 0 atom stereocenters. The maximum absolute atomic E-state index is 13.0. The molecular formula is C29H33N5O. The van der Waals surface area contributed by atoms with E-state index < -0.39 is 0 Å². The van der Waals surface area contributed by atoms with Gasteiger partial charge in [-0.15, -0.1) is 0 Å². The van der Waals surface area contributed by atoms with Crippen molar-refractivity contribution in [3.05, 3.63) is 82.6 Å². The number of hydrogen-bond acceptors (Lipinski definition) is 5. The molecule has 180 valence electrons. The van der Waals surface area contributed by atoms with E-state index in [0.717, 1.165) is 47.5 Å². The average Bonchev–Trinajstić information content (AvgIpc) is 3.29. The third kappa shape index (κ3) is 5.68. The molecule has 2 heterocycles. The number of carbonyl (C=O) groups is 1. The number of benzene rings is 1. The fourth-order valence-electron chi connectivity index (χ4n) is 4.52. The normalized spacial score (nSPS) is 15.3. The Balaban J connectivity index is 1.69. The Morgan fingerprint density at radius 3 is 2.71 bits per heavy atom. The number of carbonyl (C=O) groups excluding carboxylic acids is 1. The zero-order valence-corrected chi connectivity index (χ0v) is 21.2. The van der Waals surface area contributed by atoms with Crippen molar-refractivity contribution in [2.45, 2.75) is 65.8 Å². The Kier molecular flexibility index (Phi) is 6.62. The first kappa shape index (κ1) is 24.4. The average molecular weight is 468 g/mol. The van der Waals surface area contributed by atoms with Crippen molar-refractivity contribution < 1.29 is 4.79 Å². The highest BCUT2D eigenvalue weighted by molar-refractivity contribution is 5.95. The van der Waals surface area contributed by atoms with Crippen molar-refractivity contribution in [3.63, 3.8) is 0 Å². The molecule has 35 heavy (non-hydrogen) atoms. The summed E-state index contributed by atoms with van der Waals surface area (Å²) in [6.45, 7) is 10.9. The molecule has 0 fully saturated rings. The second kappa shape index (κ2) is 9.50. The van der Waals surface area contributed by atoms with E-state index in [0.29, 0.717) is 5.69 Å². The first-order valence-corrected chi connectivity index (χ1v) is 12.1. The number of imidazole rings is 1. The van der Waals surface area contributed by atoms with E-state index in [1.165, 1.54) is 11.8 Å². The van der Waals surface area contributed by atoms with E-state index in [2.05, 4.69) is 72.2 Å². The zero-order valence-electron chi connectivity index (χ0n) is 21.2. The molecule has 2 N–H and O–H groups in total. The van der Waals surface area contributed by atoms with Crippen LogP contribution in [0.25, 0.3) is 5.57 Å². The van der Waals surface area contributed by atoms with Crippen LogP contribution in [0.1, 0.15) is 85.7 Å². The van der Waals surface area contributed by atoms with Crippen LogP contribution >= 0.6 is 0 Å². The molecule has 0 aliphatic heterocycles. The number of hydrogen-bond donors (Lipinski definition) is 2. The maximum atomic E-state index is 13.0. The van der Waals surface area contributed by atoms with Gasteiger partial charge >= 0.3 is 0 Å². The number of allylic oxidation sites excluding steroid dienone is 2. The number of Topliss-reactive ketones (excluding diaryl/α,β-unsaturated/α-hetero) is 1. The molecule has 0 spiro atoms. The Bertz CT molecular complexity index is 1320. The molecule has 0 amide bonds. The second-order valence-corrected chi connectivity index (χ2v) is 10.7. The van der Waals surface area contributed by atoms with Gasteiger partial charge in [0.2, 0.25) is 5.78 Å². The van der Waals surface area contributed by atoms with Crippen molar-refractivity contribution in [2.24, 2.45) is 5.41 Å². The molecule has 0 unspecified atom stereocenters. The zero-order chi connectivity index (χ0) is 25.2. The molecule has 3 aromatic rings. The van der Waals surface area contributed by atoms with Gasteiger partial charge in [0.05, 0.1) is 11.7 Å². The first-order valence-electron chi connectivity index (χ1n) is 12.1. The summed E-state index contributed by atoms with van der Waals surface area (Å²) in [5, 5.41) is 12.6. The molecular weight excluding hydrogens is 434 g/mol. The number of anilines is 1. The van der Waals surface area contributed by atoms with Crippen molar-refractivity contribution in [1.82, 2.24) is 15.0 Å². The topological polar surface area (TPSA) is 94.5 Å². The SMILES string of the molecule is Cc1cccc(NC(C)(C)c2ccc(CC(=O)c3ncc(C#N)[nH]3)c(C3=CCC(C)(C)CC3)c2)n1. The summed E-state index contributed by atoms with van der Waals surface area (Å²) < 4.78 is 0. The number of rotatable bonds is 7. The Morgan fingerprint density at radius 2 is 2.06 bits per heavy atom. The number of aryl methyl sites for hydroxylation is 1. The molecule has 4 rings (SSSR count). The van der Waals surface area contributed by atoms with Gasteiger partial charge in [-0.25, -0.2) is 9.97 Å². The minimum atomic E-state index is -0.366. The fraction of sp³-hybridized carbons (Fsp3) is 0.379. The van der Waals surface area contributed by atoms with Crippen LogP contribution in [-0.4, -0.2) is 20.7 Å². The van der Waals surface area contributed by atoms with E-state index in [4.69, 9.17) is 5.26 Å². The third-order valence-electron chi connectivity index (χ3n) is 6.79. The van der Waals surface area contributed by atoms with Crippen molar-refractivity contribution >= 4 is 17.2 Å². The molecule has 1 aliphatic rings. The third-order valence-corrected chi connectivity index (χ3v) is 6.79. The minimum Gasteiger partial charge on any atom is -0.361 e. The highest BCUT2D eigenvalue weighted by Gasteiger charge is 2.27. The number of aromatic amines is 1. The van der Waals surface area contributed by atoms with Gasteiger partial charge in [-0.2, -0.15) is 5.26 Å². The lowest BCUT2D eigenvalue weighted by Crippen LogP contribution is -2.29. The number of H-pyrrole nitrogens is 1. The number of pyridine rings is 1. The van der Waals surface area contributed by atoms with Crippen LogP contribution < -0.4 is 5.32 Å². The summed E-state index contributed by atoms with van der Waals surface area (Å²) in [6.07, 6.45) is 7.05. The summed E-state index contributed by atoms with van der Waals surface area (Å²) in [4.78, 5) is 24.5. The first-order chi connectivity index (χ1) is 16.6. The number of nitrogens with zero attached hydrogens (tertiary/aromatic N) is 3. The largest absolute Gasteiger partial charge is 0.361 e. The summed E-state index contributed by atoms with van der Waals surface area (Å²) in [5.74, 6) is 0.932. The van der Waals surface area contributed by atoms with Gasteiger partial charge in [-0.05, 0) is 85.9 Å². The number of nitrogens with one attached hydrogen (secondary N) is 2. The van der Waals surface area contributed by atoms with Crippen LogP contribution in [0.15, 0.2) is 48.7 Å². The molecule has 0 saturated carbocycles. The molecule has 0 radical (unpaired) electrons. The lowest BCUT2D eigenvalue weighted by Gasteiger charge is -2.31. The van der Waals surface area contributed by atoms with Crippen LogP contribution in [0.2, 0.25) is 0 Å². The second-order valence-electron chi connectivity index (χ2n) is 10.7. The molecule has 6 heteroatoms. The summed E-state index contributed by atoms with van der Waals surface area (Å²) in [6, 6.07) is 14.3. The van der Waals surface area contributed by atoms with Crippen LogP contribution in [0.5, 0.6) is 0 Å². The smallest absolute Gasteiger partial charge is 0.202 e. The van der Waals surface area contributed by atoms with E-state index in [9.17, 15) is 4.79 Å². The standard InChI is InChI=1S/C29H33N5O/c1-19-7-6-8-26(32-19)34-29(4,5)22-10-9-21(15-25(35)27-31-18-23(17-30)33-27)24(16-22)20-11-13-28(2,3)14-12-20/h6-11,16,18H,12-15H2,1-5H3,(H,31,33)(H,32,34). The van der Waals surface area contributed by atoms with Crippen molar-refractivity contribution in [2.75, 3.05) is 5.32 Å². The van der Waals surface area contributed by atoms with E-state index in [1.807, 2.05) is 31.2 Å². The van der Waals surface area contributed by atoms with Crippen molar-refractivity contribution in [3.8, 4) is 6.07 Å². The highest BCUT2D eigenvalue weighted by atomic mass is 16.1. The number of aromatic nitrogens is 3. The Labute approximate surface area is 207 Å². The molecule has 1 aliphatic carbocycles. The van der Waals surface area contributed by atoms with Crippen LogP contribution in [0.3, 0.4) is 0 Å². The van der Waals surface area contributed by atoms with Gasteiger partial charge in [0.1, 0.15) is 17.6 Å². The minimum absolute atomic E-state index is 0.126. The van der Waals surface area contributed by atoms with Gasteiger partial charge < -0.3 is 10.3 Å². The van der Waals surface area contributed by atoms with E-state index in [1.54, 1.807) is 0 Å². The highest BCUT2D eigenvalue weighted by Crippen LogP contribution is 2.40. The molecule has 0 saturated heterocycles.